The van der Waals surface area contributed by atoms with Gasteiger partial charge in [0.25, 0.3) is 0 Å². The van der Waals surface area contributed by atoms with Crippen LogP contribution in [0.4, 0.5) is 0 Å². The quantitative estimate of drug-likeness (QED) is 0.277. The smallest absolute Gasteiger partial charge is 0.303 e. The fourth-order valence-electron chi connectivity index (χ4n) is 10.0. The summed E-state index contributed by atoms with van der Waals surface area (Å²) in [5, 5.41) is 52.5. The van der Waals surface area contributed by atoms with Crippen LogP contribution in [0.1, 0.15) is 85.0 Å². The third kappa shape index (κ3) is 4.35. The molecule has 9 heteroatoms. The number of rotatable bonds is 6. The van der Waals surface area contributed by atoms with Crippen molar-refractivity contribution in [2.75, 3.05) is 6.61 Å². The summed E-state index contributed by atoms with van der Waals surface area (Å²) in [6, 6.07) is -0.804. The molecule has 5 fully saturated rings. The molecule has 218 valence electrons. The first-order valence-corrected chi connectivity index (χ1v) is 14.8. The number of hydrogen-bond acceptors (Lipinski definition) is 8. The van der Waals surface area contributed by atoms with E-state index in [-0.39, 0.29) is 47.7 Å². The summed E-state index contributed by atoms with van der Waals surface area (Å²) in [6.45, 7) is 6.14. The van der Waals surface area contributed by atoms with Gasteiger partial charge in [0, 0.05) is 6.61 Å². The number of carboxylic acids is 1. The van der Waals surface area contributed by atoms with Crippen LogP contribution in [0.25, 0.3) is 0 Å². The Morgan fingerprint density at radius 1 is 1.05 bits per heavy atom. The van der Waals surface area contributed by atoms with E-state index in [1.54, 1.807) is 6.92 Å². The monoisotopic (exact) mass is 539 g/mol. The molecule has 4 aliphatic carbocycles. The average molecular weight is 540 g/mol. The van der Waals surface area contributed by atoms with Crippen molar-refractivity contribution in [2.24, 2.45) is 46.2 Å². The van der Waals surface area contributed by atoms with E-state index in [9.17, 15) is 30.3 Å². The highest BCUT2D eigenvalue weighted by Gasteiger charge is 2.68. The first kappa shape index (κ1) is 28.7. The van der Waals surface area contributed by atoms with Gasteiger partial charge in [-0.1, -0.05) is 13.8 Å². The summed E-state index contributed by atoms with van der Waals surface area (Å²) < 4.78 is 12.0. The van der Waals surface area contributed by atoms with E-state index in [2.05, 4.69) is 13.8 Å². The van der Waals surface area contributed by atoms with Crippen molar-refractivity contribution in [3.8, 4) is 0 Å². The first-order valence-electron chi connectivity index (χ1n) is 14.8. The maximum atomic E-state index is 12.4. The molecule has 1 heterocycles. The highest BCUT2D eigenvalue weighted by molar-refractivity contribution is 5.67. The van der Waals surface area contributed by atoms with E-state index in [1.165, 1.54) is 0 Å². The average Bonchev–Trinajstić information content (AvgIpc) is 3.15. The van der Waals surface area contributed by atoms with Gasteiger partial charge in [0.05, 0.1) is 36.4 Å². The Morgan fingerprint density at radius 2 is 1.79 bits per heavy atom. The molecule has 5 rings (SSSR count). The van der Waals surface area contributed by atoms with Crippen molar-refractivity contribution >= 4 is 5.97 Å². The molecule has 0 unspecified atom stereocenters. The van der Waals surface area contributed by atoms with Crippen LogP contribution < -0.4 is 5.73 Å². The van der Waals surface area contributed by atoms with Gasteiger partial charge >= 0.3 is 5.97 Å². The summed E-state index contributed by atoms with van der Waals surface area (Å²) in [6.07, 6.45) is 4.51. The van der Waals surface area contributed by atoms with Crippen LogP contribution in [-0.2, 0) is 14.3 Å². The van der Waals surface area contributed by atoms with Crippen molar-refractivity contribution in [1.82, 2.24) is 0 Å². The second kappa shape index (κ2) is 10.2. The van der Waals surface area contributed by atoms with E-state index < -0.39 is 42.2 Å². The van der Waals surface area contributed by atoms with Gasteiger partial charge in [-0.25, -0.2) is 0 Å². The van der Waals surface area contributed by atoms with Crippen molar-refractivity contribution in [2.45, 2.75) is 127 Å². The lowest BCUT2D eigenvalue weighted by Crippen LogP contribution is -2.63. The molecule has 5 aliphatic rings. The van der Waals surface area contributed by atoms with E-state index in [4.69, 9.17) is 15.2 Å². The van der Waals surface area contributed by atoms with Gasteiger partial charge in [-0.2, -0.15) is 0 Å². The van der Waals surface area contributed by atoms with E-state index in [1.807, 2.05) is 0 Å². The summed E-state index contributed by atoms with van der Waals surface area (Å²) in [4.78, 5) is 11.5. The molecule has 0 aromatic heterocycles. The van der Waals surface area contributed by atoms with Gasteiger partial charge in [-0.3, -0.25) is 4.79 Å². The fraction of sp³-hybridized carbons (Fsp3) is 0.966. The zero-order valence-electron chi connectivity index (χ0n) is 23.2. The van der Waals surface area contributed by atoms with Crippen molar-refractivity contribution in [3.05, 3.63) is 0 Å². The van der Waals surface area contributed by atoms with Crippen LogP contribution in [0, 0.1) is 40.4 Å². The molecular formula is C29H49NO8. The van der Waals surface area contributed by atoms with Crippen LogP contribution in [0.3, 0.4) is 0 Å². The summed E-state index contributed by atoms with van der Waals surface area (Å²) in [7, 11) is 0. The van der Waals surface area contributed by atoms with Crippen LogP contribution >= 0.6 is 0 Å². The highest BCUT2D eigenvalue weighted by atomic mass is 16.7. The predicted octanol–water partition coefficient (Wildman–Crippen LogP) is 2.02. The van der Waals surface area contributed by atoms with Crippen LogP contribution in [0.5, 0.6) is 0 Å². The Morgan fingerprint density at radius 3 is 2.47 bits per heavy atom. The molecule has 9 nitrogen and oxygen atoms in total. The summed E-state index contributed by atoms with van der Waals surface area (Å²) >= 11 is 0. The molecule has 0 bridgehead atoms. The molecule has 14 atom stereocenters. The Balaban J connectivity index is 1.29. The maximum Gasteiger partial charge on any atom is 0.303 e. The minimum atomic E-state index is -1.07. The summed E-state index contributed by atoms with van der Waals surface area (Å²) in [5.41, 5.74) is 4.88. The lowest BCUT2D eigenvalue weighted by atomic mass is 9.43. The number of fused-ring (bicyclic) bond motifs is 5. The second-order valence-electron chi connectivity index (χ2n) is 13.9. The van der Waals surface area contributed by atoms with Gasteiger partial charge in [-0.05, 0) is 105 Å². The lowest BCUT2D eigenvalue weighted by molar-refractivity contribution is -0.289. The topological polar surface area (TPSA) is 163 Å². The number of hydrogen-bond donors (Lipinski definition) is 6. The molecule has 1 saturated heterocycles. The van der Waals surface area contributed by atoms with Gasteiger partial charge < -0.3 is 40.7 Å². The van der Waals surface area contributed by atoms with Gasteiger partial charge in [0.15, 0.2) is 6.29 Å². The number of aliphatic hydroxyl groups is 4. The SMILES string of the molecule is C[C@H]1O[C@H](O[C@H]2CC[C@@]3(C)[C@H](CC[C@@H]4[C@@H]3CC[C@]3(C)[C@@H]([C@H](CO)CC(=O)O)CC[C@]43O)C2)[C@@H](O)[C@H](N)[C@@H]1O. The first-order chi connectivity index (χ1) is 17.9. The van der Waals surface area contributed by atoms with Gasteiger partial charge in [0.1, 0.15) is 6.10 Å². The third-order valence-electron chi connectivity index (χ3n) is 12.3. The molecule has 0 amide bonds. The normalized spacial score (nSPS) is 53.5. The van der Waals surface area contributed by atoms with E-state index >= 15 is 0 Å². The molecule has 0 radical (unpaired) electrons. The van der Waals surface area contributed by atoms with Gasteiger partial charge in [-0.15, -0.1) is 0 Å². The second-order valence-corrected chi connectivity index (χ2v) is 13.9. The molecule has 0 aromatic carbocycles. The molecule has 4 saturated carbocycles. The Bertz CT molecular complexity index is 889. The standard InChI is InChI=1S/C29H49NO8/c1-15-24(34)23(30)25(35)26(37-15)38-18-6-9-27(2)17(13-18)4-5-21-20(27)7-10-28(3)19(8-11-29(21,28)36)16(14-31)12-22(32)33/h15-21,23-26,31,34-36H,4-14,30H2,1-3H3,(H,32,33)/t15-,16+,17-,18+,19-,20+,21-,23-,24-,25+,26-,27+,28-,29+/m1/s1. The van der Waals surface area contributed by atoms with Crippen LogP contribution in [-0.4, -0.2) is 80.5 Å². The predicted molar refractivity (Wildman–Crippen MR) is 139 cm³/mol. The van der Waals surface area contributed by atoms with E-state index in [0.717, 1.165) is 51.4 Å². The maximum absolute atomic E-state index is 12.4. The van der Waals surface area contributed by atoms with Gasteiger partial charge in [0.2, 0.25) is 0 Å². The van der Waals surface area contributed by atoms with Crippen LogP contribution in [0.2, 0.25) is 0 Å². The molecule has 38 heavy (non-hydrogen) atoms. The number of carbonyl (C=O) groups is 1. The number of aliphatic hydroxyl groups excluding tert-OH is 3. The lowest BCUT2D eigenvalue weighted by Gasteiger charge is -2.64. The number of aliphatic carboxylic acids is 1. The third-order valence-corrected chi connectivity index (χ3v) is 12.3. The van der Waals surface area contributed by atoms with Crippen LogP contribution in [0.15, 0.2) is 0 Å². The minimum absolute atomic E-state index is 0.0124. The van der Waals surface area contributed by atoms with Crippen molar-refractivity contribution < 1.29 is 39.8 Å². The molecule has 1 aliphatic heterocycles. The number of carboxylic acid groups (broad SMARTS) is 1. The molecule has 0 spiro atoms. The zero-order chi connectivity index (χ0) is 27.6. The Kier molecular flexibility index (Phi) is 7.73. The summed E-state index contributed by atoms with van der Waals surface area (Å²) in [5.74, 6) is -0.177. The largest absolute Gasteiger partial charge is 0.481 e. The number of nitrogens with two attached hydrogens (primary N) is 1. The highest BCUT2D eigenvalue weighted by Crippen LogP contribution is 2.70. The van der Waals surface area contributed by atoms with Crippen molar-refractivity contribution in [3.63, 3.8) is 0 Å². The number of ether oxygens (including phenoxy) is 2. The van der Waals surface area contributed by atoms with E-state index in [0.29, 0.717) is 18.3 Å². The molecule has 7 N–H and O–H groups in total. The Hall–Kier alpha value is -0.810. The fourth-order valence-corrected chi connectivity index (χ4v) is 10.0. The minimum Gasteiger partial charge on any atom is -0.481 e. The Labute approximate surface area is 226 Å². The zero-order valence-corrected chi connectivity index (χ0v) is 23.2. The van der Waals surface area contributed by atoms with Crippen molar-refractivity contribution in [1.29, 1.82) is 0 Å². The molecular weight excluding hydrogens is 490 g/mol. The molecule has 0 aromatic rings.